The number of carboxylic acids is 1. The monoisotopic (exact) mass is 607 g/mol. The van der Waals surface area contributed by atoms with E-state index in [-0.39, 0.29) is 24.8 Å². The van der Waals surface area contributed by atoms with Gasteiger partial charge in [-0.25, -0.2) is 13.8 Å². The van der Waals surface area contributed by atoms with Crippen molar-refractivity contribution in [2.75, 3.05) is 24.5 Å². The number of hydrogen-bond donors (Lipinski definition) is 1. The van der Waals surface area contributed by atoms with Crippen LogP contribution < -0.4 is 9.64 Å². The van der Waals surface area contributed by atoms with E-state index in [1.54, 1.807) is 11.3 Å². The second-order valence-corrected chi connectivity index (χ2v) is 14.0. The van der Waals surface area contributed by atoms with Crippen LogP contribution in [0.1, 0.15) is 66.3 Å². The first-order valence-electron chi connectivity index (χ1n) is 15.5. The number of rotatable bonds is 7. The fraction of sp³-hybridized carbons (Fsp3) is 0.529. The van der Waals surface area contributed by atoms with E-state index < -0.39 is 17.3 Å². The van der Waals surface area contributed by atoms with E-state index in [0.29, 0.717) is 25.9 Å². The van der Waals surface area contributed by atoms with Crippen molar-refractivity contribution in [3.05, 3.63) is 63.5 Å². The fourth-order valence-corrected chi connectivity index (χ4v) is 8.51. The lowest BCUT2D eigenvalue weighted by molar-refractivity contribution is -0.144. The number of para-hydroxylation sites is 1. The molecule has 0 bridgehead atoms. The lowest BCUT2D eigenvalue weighted by Gasteiger charge is -2.40. The summed E-state index contributed by atoms with van der Waals surface area (Å²) in [5.41, 5.74) is 7.45. The number of anilines is 1. The summed E-state index contributed by atoms with van der Waals surface area (Å²) in [6.07, 6.45) is 3.55. The van der Waals surface area contributed by atoms with Gasteiger partial charge in [0.15, 0.2) is 5.13 Å². The molecule has 2 aliphatic heterocycles. The molecule has 4 aliphatic rings. The molecule has 228 valence electrons. The molecule has 2 saturated carbocycles. The number of alkyl halides is 2. The van der Waals surface area contributed by atoms with Gasteiger partial charge in [0, 0.05) is 56.0 Å². The molecule has 0 unspecified atom stereocenters. The minimum atomic E-state index is -2.49. The zero-order valence-corrected chi connectivity index (χ0v) is 25.7. The number of fused-ring (bicyclic) bond motifs is 2. The molecular formula is C34H39F2N3O3S. The second kappa shape index (κ2) is 10.8. The first-order chi connectivity index (χ1) is 20.6. The highest BCUT2D eigenvalue weighted by molar-refractivity contribution is 7.14. The Hall–Kier alpha value is -3.04. The molecule has 2 aliphatic carbocycles. The molecule has 1 N–H and O–H groups in total. The number of carbonyl (C=O) groups is 1. The third kappa shape index (κ3) is 5.43. The maximum absolute atomic E-state index is 13.7. The van der Waals surface area contributed by atoms with Gasteiger partial charge >= 0.3 is 5.97 Å². The van der Waals surface area contributed by atoms with E-state index in [2.05, 4.69) is 53.3 Å². The van der Waals surface area contributed by atoms with Crippen LogP contribution in [0.2, 0.25) is 0 Å². The van der Waals surface area contributed by atoms with Crippen LogP contribution in [-0.4, -0.2) is 52.6 Å². The van der Waals surface area contributed by atoms with Crippen molar-refractivity contribution in [2.24, 2.45) is 11.3 Å². The molecule has 3 fully saturated rings. The van der Waals surface area contributed by atoms with Crippen molar-refractivity contribution in [3.63, 3.8) is 0 Å². The Morgan fingerprint density at radius 2 is 1.95 bits per heavy atom. The van der Waals surface area contributed by atoms with Crippen molar-refractivity contribution >= 4 is 22.4 Å². The number of aliphatic carboxylic acids is 1. The Morgan fingerprint density at radius 3 is 2.72 bits per heavy atom. The second-order valence-electron chi connectivity index (χ2n) is 13.2. The summed E-state index contributed by atoms with van der Waals surface area (Å²) in [6, 6.07) is 10.9. The van der Waals surface area contributed by atoms with Gasteiger partial charge < -0.3 is 14.7 Å². The summed E-state index contributed by atoms with van der Waals surface area (Å²) >= 11 is 1.61. The smallest absolute Gasteiger partial charge is 0.310 e. The van der Waals surface area contributed by atoms with Crippen LogP contribution in [0.5, 0.6) is 5.75 Å². The van der Waals surface area contributed by atoms with E-state index in [1.165, 1.54) is 16.7 Å². The number of ether oxygens (including phenoxy) is 1. The van der Waals surface area contributed by atoms with Gasteiger partial charge in [-0.1, -0.05) is 24.3 Å². The molecule has 7 rings (SSSR count). The molecule has 0 spiro atoms. The average molecular weight is 608 g/mol. The number of carboxylic acid groups (broad SMARTS) is 1. The molecule has 1 saturated heterocycles. The third-order valence-corrected chi connectivity index (χ3v) is 11.3. The number of halogens is 2. The number of thiazole rings is 1. The first-order valence-corrected chi connectivity index (χ1v) is 16.4. The number of hydrogen-bond acceptors (Lipinski definition) is 6. The van der Waals surface area contributed by atoms with Gasteiger partial charge in [0.25, 0.3) is 0 Å². The van der Waals surface area contributed by atoms with Gasteiger partial charge in [-0.3, -0.25) is 9.69 Å². The Bertz CT molecular complexity index is 1550. The number of piperidine rings is 1. The Balaban J connectivity index is 1.03. The minimum absolute atomic E-state index is 0.00549. The van der Waals surface area contributed by atoms with Crippen molar-refractivity contribution in [1.29, 1.82) is 0 Å². The molecule has 2 aromatic carbocycles. The zero-order valence-electron chi connectivity index (χ0n) is 24.9. The first kappa shape index (κ1) is 28.7. The predicted molar refractivity (Wildman–Crippen MR) is 164 cm³/mol. The molecule has 6 nitrogen and oxygen atoms in total. The van der Waals surface area contributed by atoms with E-state index >= 15 is 0 Å². The van der Waals surface area contributed by atoms with Crippen molar-refractivity contribution in [1.82, 2.24) is 9.88 Å². The number of benzene rings is 2. The fourth-order valence-electron chi connectivity index (χ4n) is 7.65. The number of aryl methyl sites for hydroxylation is 2. The molecule has 3 heterocycles. The summed E-state index contributed by atoms with van der Waals surface area (Å²) < 4.78 is 33.9. The molecule has 3 aromatic rings. The maximum atomic E-state index is 13.7. The zero-order chi connectivity index (χ0) is 29.9. The summed E-state index contributed by atoms with van der Waals surface area (Å²) in [4.78, 5) is 21.3. The SMILES string of the molecule is Cc1cc(COc2c(C)cccc2-c2csc(N3CC[C@@]4(C(=O)O)C[C@H]4C3)n2)cc2c1CN(C1CCC(F)(F)CC1)CC2. The lowest BCUT2D eigenvalue weighted by atomic mass is 9.87. The maximum Gasteiger partial charge on any atom is 0.310 e. The summed E-state index contributed by atoms with van der Waals surface area (Å²) in [6.45, 7) is 7.89. The minimum Gasteiger partial charge on any atom is -0.488 e. The van der Waals surface area contributed by atoms with Crippen LogP contribution >= 0.6 is 11.3 Å². The highest BCUT2D eigenvalue weighted by Crippen LogP contribution is 2.58. The van der Waals surface area contributed by atoms with Crippen LogP contribution in [0.15, 0.2) is 35.7 Å². The highest BCUT2D eigenvalue weighted by atomic mass is 32.1. The highest BCUT2D eigenvalue weighted by Gasteiger charge is 2.62. The Kier molecular flexibility index (Phi) is 7.24. The van der Waals surface area contributed by atoms with Crippen LogP contribution in [0.4, 0.5) is 13.9 Å². The molecule has 0 radical (unpaired) electrons. The van der Waals surface area contributed by atoms with Crippen LogP contribution in [0, 0.1) is 25.2 Å². The Labute approximate surface area is 255 Å². The summed E-state index contributed by atoms with van der Waals surface area (Å²) in [7, 11) is 0. The van der Waals surface area contributed by atoms with Crippen LogP contribution in [-0.2, 0) is 24.4 Å². The van der Waals surface area contributed by atoms with Crippen LogP contribution in [0.25, 0.3) is 11.3 Å². The van der Waals surface area contributed by atoms with Gasteiger partial charge in [-0.05, 0) is 85.8 Å². The molecular weight excluding hydrogens is 568 g/mol. The number of nitrogens with zero attached hydrogens (tertiary/aromatic N) is 3. The van der Waals surface area contributed by atoms with Gasteiger partial charge in [-0.2, -0.15) is 0 Å². The van der Waals surface area contributed by atoms with Gasteiger partial charge in [0.2, 0.25) is 5.92 Å². The van der Waals surface area contributed by atoms with E-state index in [9.17, 15) is 18.7 Å². The quantitative estimate of drug-likeness (QED) is 0.306. The Morgan fingerprint density at radius 1 is 1.14 bits per heavy atom. The van der Waals surface area contributed by atoms with Crippen molar-refractivity contribution in [2.45, 2.75) is 83.9 Å². The lowest BCUT2D eigenvalue weighted by Crippen LogP contribution is -2.43. The molecule has 2 atom stereocenters. The van der Waals surface area contributed by atoms with Gasteiger partial charge in [0.05, 0.1) is 11.1 Å². The largest absolute Gasteiger partial charge is 0.488 e. The summed E-state index contributed by atoms with van der Waals surface area (Å²) in [5, 5.41) is 12.6. The van der Waals surface area contributed by atoms with Crippen molar-refractivity contribution < 1.29 is 23.4 Å². The van der Waals surface area contributed by atoms with Gasteiger partial charge in [-0.15, -0.1) is 11.3 Å². The topological polar surface area (TPSA) is 65.9 Å². The average Bonchev–Trinajstić information content (AvgIpc) is 3.54. The van der Waals surface area contributed by atoms with Crippen molar-refractivity contribution in [3.8, 4) is 17.0 Å². The number of aromatic nitrogens is 1. The normalized spacial score (nSPS) is 25.2. The van der Waals surface area contributed by atoms with E-state index in [0.717, 1.165) is 72.3 Å². The molecule has 9 heteroatoms. The van der Waals surface area contributed by atoms with Gasteiger partial charge in [0.1, 0.15) is 12.4 Å². The third-order valence-electron chi connectivity index (χ3n) is 10.4. The summed E-state index contributed by atoms with van der Waals surface area (Å²) in [5.74, 6) is -2.09. The molecule has 0 amide bonds. The van der Waals surface area contributed by atoms with E-state index in [1.807, 2.05) is 6.07 Å². The predicted octanol–water partition coefficient (Wildman–Crippen LogP) is 7.24. The molecule has 1 aromatic heterocycles. The standard InChI is InChI=1S/C34H39F2N3O3S/c1-21-4-3-5-27(29-20-43-32(37-29)39-13-11-33(31(40)41)16-25(33)17-39)30(21)42-19-23-14-22(2)28-18-38(12-8-24(28)15-23)26-6-9-34(35,36)10-7-26/h3-5,14-15,20,25-26H,6-13,16-19H2,1-2H3,(H,40,41)/t25-,33+/m0/s1. The molecule has 43 heavy (non-hydrogen) atoms. The van der Waals surface area contributed by atoms with E-state index in [4.69, 9.17) is 9.72 Å². The van der Waals surface area contributed by atoms with Crippen LogP contribution in [0.3, 0.4) is 0 Å².